The fraction of sp³-hybridized carbons (Fsp3) is 0.300. The third kappa shape index (κ3) is 3.81. The van der Waals surface area contributed by atoms with Crippen molar-refractivity contribution in [3.05, 3.63) is 24.3 Å². The largest absolute Gasteiger partial charge is 0.497 e. The van der Waals surface area contributed by atoms with E-state index >= 15 is 0 Å². The maximum absolute atomic E-state index is 10.5. The van der Waals surface area contributed by atoms with Crippen molar-refractivity contribution in [3.8, 4) is 5.75 Å². The van der Waals surface area contributed by atoms with Crippen LogP contribution in [-0.2, 0) is 4.79 Å². The number of ether oxygens (including phenoxy) is 1. The van der Waals surface area contributed by atoms with Gasteiger partial charge in [-0.3, -0.25) is 4.79 Å². The summed E-state index contributed by atoms with van der Waals surface area (Å²) in [7, 11) is 1.60. The van der Waals surface area contributed by atoms with Gasteiger partial charge < -0.3 is 15.6 Å². The number of hydrogen-bond acceptors (Lipinski definition) is 4. The second-order valence-corrected chi connectivity index (χ2v) is 4.02. The van der Waals surface area contributed by atoms with E-state index in [1.165, 1.54) is 11.8 Å². The molecule has 0 aliphatic carbocycles. The fourth-order valence-corrected chi connectivity index (χ4v) is 1.77. The Labute approximate surface area is 92.4 Å². The molecule has 0 spiro atoms. The molecule has 0 radical (unpaired) electrons. The molecule has 0 aromatic heterocycles. The SMILES string of the molecule is COc1ccc(SCC(N)C(=O)O)cc1. The van der Waals surface area contributed by atoms with Crippen LogP contribution in [0.5, 0.6) is 5.75 Å². The highest BCUT2D eigenvalue weighted by Gasteiger charge is 2.11. The average Bonchev–Trinajstić information content (AvgIpc) is 2.26. The maximum Gasteiger partial charge on any atom is 0.321 e. The van der Waals surface area contributed by atoms with E-state index in [1.54, 1.807) is 7.11 Å². The molecule has 0 aliphatic heterocycles. The second kappa shape index (κ2) is 5.63. The number of carboxylic acids is 1. The first-order valence-electron chi connectivity index (χ1n) is 4.38. The van der Waals surface area contributed by atoms with E-state index in [4.69, 9.17) is 15.6 Å². The molecule has 1 atom stereocenters. The molecule has 3 N–H and O–H groups in total. The molecule has 0 aliphatic rings. The van der Waals surface area contributed by atoms with Gasteiger partial charge in [0.2, 0.25) is 0 Å². The average molecular weight is 227 g/mol. The molecule has 4 nitrogen and oxygen atoms in total. The van der Waals surface area contributed by atoms with Crippen LogP contribution in [0.2, 0.25) is 0 Å². The van der Waals surface area contributed by atoms with Crippen LogP contribution >= 0.6 is 11.8 Å². The number of hydrogen-bond donors (Lipinski definition) is 2. The van der Waals surface area contributed by atoms with Crippen molar-refractivity contribution in [2.75, 3.05) is 12.9 Å². The zero-order valence-corrected chi connectivity index (χ0v) is 9.16. The molecule has 1 unspecified atom stereocenters. The number of thioether (sulfide) groups is 1. The van der Waals surface area contributed by atoms with E-state index in [0.29, 0.717) is 5.75 Å². The molecule has 0 saturated carbocycles. The molecule has 0 fully saturated rings. The van der Waals surface area contributed by atoms with Crippen LogP contribution in [0.1, 0.15) is 0 Å². The molecule has 1 aromatic rings. The monoisotopic (exact) mass is 227 g/mol. The zero-order chi connectivity index (χ0) is 11.3. The minimum atomic E-state index is -0.976. The molecular weight excluding hydrogens is 214 g/mol. The number of carbonyl (C=O) groups is 1. The van der Waals surface area contributed by atoms with Gasteiger partial charge in [-0.05, 0) is 24.3 Å². The number of methoxy groups -OCH3 is 1. The normalized spacial score (nSPS) is 12.1. The van der Waals surface area contributed by atoms with Crippen LogP contribution in [0.15, 0.2) is 29.2 Å². The molecule has 0 heterocycles. The van der Waals surface area contributed by atoms with E-state index in [-0.39, 0.29) is 0 Å². The highest BCUT2D eigenvalue weighted by Crippen LogP contribution is 2.21. The summed E-state index contributed by atoms with van der Waals surface area (Å²) in [5.74, 6) is 0.166. The first kappa shape index (κ1) is 11.9. The molecule has 82 valence electrons. The lowest BCUT2D eigenvalue weighted by molar-refractivity contribution is -0.137. The summed E-state index contributed by atoms with van der Waals surface area (Å²) in [5, 5.41) is 8.58. The van der Waals surface area contributed by atoms with Crippen molar-refractivity contribution in [3.63, 3.8) is 0 Å². The third-order valence-electron chi connectivity index (χ3n) is 1.81. The van der Waals surface area contributed by atoms with Gasteiger partial charge in [0.15, 0.2) is 0 Å². The minimum Gasteiger partial charge on any atom is -0.497 e. The van der Waals surface area contributed by atoms with Crippen molar-refractivity contribution in [2.45, 2.75) is 10.9 Å². The number of nitrogens with two attached hydrogens (primary N) is 1. The van der Waals surface area contributed by atoms with E-state index in [0.717, 1.165) is 10.6 Å². The zero-order valence-electron chi connectivity index (χ0n) is 8.34. The molecule has 1 aromatic carbocycles. The van der Waals surface area contributed by atoms with Crippen LogP contribution in [-0.4, -0.2) is 30.0 Å². The van der Waals surface area contributed by atoms with E-state index in [9.17, 15) is 4.79 Å². The Morgan fingerprint density at radius 2 is 2.13 bits per heavy atom. The number of aliphatic carboxylic acids is 1. The van der Waals surface area contributed by atoms with Gasteiger partial charge in [0.25, 0.3) is 0 Å². The first-order valence-corrected chi connectivity index (χ1v) is 5.37. The van der Waals surface area contributed by atoms with Crippen LogP contribution in [0.3, 0.4) is 0 Å². The molecular formula is C10H13NO3S. The van der Waals surface area contributed by atoms with Crippen LogP contribution in [0, 0.1) is 0 Å². The number of carboxylic acid groups (broad SMARTS) is 1. The molecule has 0 amide bonds. The fourth-order valence-electron chi connectivity index (χ4n) is 0.929. The van der Waals surface area contributed by atoms with Gasteiger partial charge in [0.1, 0.15) is 11.8 Å². The summed E-state index contributed by atoms with van der Waals surface area (Å²) in [4.78, 5) is 11.4. The summed E-state index contributed by atoms with van der Waals surface area (Å²) in [6.07, 6.45) is 0. The van der Waals surface area contributed by atoms with Gasteiger partial charge in [0, 0.05) is 10.6 Å². The molecule has 0 saturated heterocycles. The quantitative estimate of drug-likeness (QED) is 0.739. The van der Waals surface area contributed by atoms with Crippen molar-refractivity contribution in [1.82, 2.24) is 0 Å². The summed E-state index contributed by atoms with van der Waals surface area (Å²) in [6, 6.07) is 6.58. The molecule has 1 rings (SSSR count). The highest BCUT2D eigenvalue weighted by molar-refractivity contribution is 7.99. The van der Waals surface area contributed by atoms with Crippen molar-refractivity contribution in [1.29, 1.82) is 0 Å². The predicted octanol–water partition coefficient (Wildman–Crippen LogP) is 1.20. The van der Waals surface area contributed by atoms with Crippen molar-refractivity contribution < 1.29 is 14.6 Å². The smallest absolute Gasteiger partial charge is 0.321 e. The Hall–Kier alpha value is -1.20. The van der Waals surface area contributed by atoms with Gasteiger partial charge in [-0.15, -0.1) is 11.8 Å². The van der Waals surface area contributed by atoms with Crippen LogP contribution in [0.4, 0.5) is 0 Å². The second-order valence-electron chi connectivity index (χ2n) is 2.93. The Morgan fingerprint density at radius 1 is 1.53 bits per heavy atom. The van der Waals surface area contributed by atoms with Gasteiger partial charge in [-0.25, -0.2) is 0 Å². The minimum absolute atomic E-state index is 0.363. The van der Waals surface area contributed by atoms with Gasteiger partial charge in [-0.1, -0.05) is 0 Å². The number of benzene rings is 1. The van der Waals surface area contributed by atoms with Crippen molar-refractivity contribution in [2.24, 2.45) is 5.73 Å². The number of rotatable bonds is 5. The van der Waals surface area contributed by atoms with Gasteiger partial charge >= 0.3 is 5.97 Å². The lowest BCUT2D eigenvalue weighted by Gasteiger charge is -2.06. The predicted molar refractivity (Wildman–Crippen MR) is 59.3 cm³/mol. The summed E-state index contributed by atoms with van der Waals surface area (Å²) < 4.78 is 5.00. The lowest BCUT2D eigenvalue weighted by atomic mass is 10.3. The lowest BCUT2D eigenvalue weighted by Crippen LogP contribution is -2.32. The van der Waals surface area contributed by atoms with Crippen molar-refractivity contribution >= 4 is 17.7 Å². The molecule has 5 heteroatoms. The third-order valence-corrected chi connectivity index (χ3v) is 2.94. The standard InChI is InChI=1S/C10H13NO3S/c1-14-7-2-4-8(5-3-7)15-6-9(11)10(12)13/h2-5,9H,6,11H2,1H3,(H,12,13). The first-order chi connectivity index (χ1) is 7.13. The Kier molecular flexibility index (Phi) is 4.45. The summed E-state index contributed by atoms with van der Waals surface area (Å²) in [5.41, 5.74) is 5.38. The van der Waals surface area contributed by atoms with Gasteiger partial charge in [0.05, 0.1) is 7.11 Å². The van der Waals surface area contributed by atoms with E-state index in [2.05, 4.69) is 0 Å². The highest BCUT2D eigenvalue weighted by atomic mass is 32.2. The Morgan fingerprint density at radius 3 is 2.60 bits per heavy atom. The Bertz CT molecular complexity index is 326. The van der Waals surface area contributed by atoms with E-state index in [1.807, 2.05) is 24.3 Å². The topological polar surface area (TPSA) is 72.5 Å². The Balaban J connectivity index is 2.47. The summed E-state index contributed by atoms with van der Waals surface area (Å²) >= 11 is 1.41. The van der Waals surface area contributed by atoms with Crippen LogP contribution in [0.25, 0.3) is 0 Å². The molecule has 15 heavy (non-hydrogen) atoms. The molecule has 0 bridgehead atoms. The van der Waals surface area contributed by atoms with Crippen LogP contribution < -0.4 is 10.5 Å². The summed E-state index contributed by atoms with van der Waals surface area (Å²) in [6.45, 7) is 0. The van der Waals surface area contributed by atoms with Gasteiger partial charge in [-0.2, -0.15) is 0 Å². The van der Waals surface area contributed by atoms with E-state index < -0.39 is 12.0 Å². The maximum atomic E-state index is 10.5.